The number of hydrazone groups is 1. The van der Waals surface area contributed by atoms with Gasteiger partial charge < -0.3 is 14.2 Å². The van der Waals surface area contributed by atoms with Crippen LogP contribution in [-0.2, 0) is 9.53 Å². The minimum absolute atomic E-state index is 0.235. The first-order chi connectivity index (χ1) is 13.4. The number of hydrogen-bond acceptors (Lipinski definition) is 6. The van der Waals surface area contributed by atoms with Gasteiger partial charge in [-0.05, 0) is 71.5 Å². The van der Waals surface area contributed by atoms with E-state index in [0.29, 0.717) is 20.6 Å². The maximum Gasteiger partial charge on any atom is 0.344 e. The van der Waals surface area contributed by atoms with Gasteiger partial charge in [-0.3, -0.25) is 4.79 Å². The molecule has 1 N–H and O–H groups in total. The third-order valence-corrected chi connectivity index (χ3v) is 4.18. The average molecular weight is 500 g/mol. The van der Waals surface area contributed by atoms with Crippen LogP contribution in [0.3, 0.4) is 0 Å². The van der Waals surface area contributed by atoms with Crippen LogP contribution in [-0.4, -0.2) is 38.4 Å². The Bertz CT molecular complexity index is 871. The second kappa shape index (κ2) is 10.6. The lowest BCUT2D eigenvalue weighted by atomic mass is 10.2. The molecule has 0 aliphatic rings. The molecule has 0 fully saturated rings. The van der Waals surface area contributed by atoms with Crippen LogP contribution in [0.15, 0.2) is 41.5 Å². The van der Waals surface area contributed by atoms with Crippen LogP contribution in [0.1, 0.15) is 22.8 Å². The zero-order chi connectivity index (χ0) is 20.5. The standard InChI is InChI=1S/C19H18FIN2O5/c1-3-27-17(24)11-28-18-15(21)8-12(9-16(18)26-2)10-22-23-19(25)13-4-6-14(20)7-5-13/h4-10H,3,11H2,1-2H3,(H,23,25)/b22-10-. The predicted molar refractivity (Wildman–Crippen MR) is 109 cm³/mol. The van der Waals surface area contributed by atoms with Gasteiger partial charge in [0.25, 0.3) is 5.91 Å². The highest BCUT2D eigenvalue weighted by molar-refractivity contribution is 14.1. The molecule has 0 aliphatic heterocycles. The molecule has 0 aromatic heterocycles. The van der Waals surface area contributed by atoms with Crippen LogP contribution in [0.4, 0.5) is 4.39 Å². The van der Waals surface area contributed by atoms with Gasteiger partial charge in [0.05, 0.1) is 23.5 Å². The Morgan fingerprint density at radius 3 is 2.61 bits per heavy atom. The monoisotopic (exact) mass is 500 g/mol. The van der Waals surface area contributed by atoms with Crippen molar-refractivity contribution in [2.24, 2.45) is 5.10 Å². The van der Waals surface area contributed by atoms with E-state index in [-0.39, 0.29) is 18.8 Å². The van der Waals surface area contributed by atoms with Gasteiger partial charge in [0.15, 0.2) is 18.1 Å². The molecule has 0 spiro atoms. The number of rotatable bonds is 8. The number of nitrogens with one attached hydrogen (secondary N) is 1. The Kier molecular flexibility index (Phi) is 8.18. The molecule has 2 aromatic rings. The lowest BCUT2D eigenvalue weighted by Crippen LogP contribution is -2.17. The van der Waals surface area contributed by atoms with Crippen LogP contribution in [0.2, 0.25) is 0 Å². The minimum atomic E-state index is -0.477. The topological polar surface area (TPSA) is 86.2 Å². The number of methoxy groups -OCH3 is 1. The molecule has 0 aliphatic carbocycles. The molecule has 148 valence electrons. The number of halogens is 2. The lowest BCUT2D eigenvalue weighted by Gasteiger charge is -2.13. The van der Waals surface area contributed by atoms with E-state index in [4.69, 9.17) is 14.2 Å². The number of ether oxygens (including phenoxy) is 3. The van der Waals surface area contributed by atoms with Crippen molar-refractivity contribution in [1.82, 2.24) is 5.43 Å². The Hall–Kier alpha value is -2.69. The number of hydrogen-bond donors (Lipinski definition) is 1. The highest BCUT2D eigenvalue weighted by Gasteiger charge is 2.13. The summed E-state index contributed by atoms with van der Waals surface area (Å²) < 4.78 is 29.2. The molecule has 0 bridgehead atoms. The second-order valence-electron chi connectivity index (χ2n) is 5.33. The molecule has 0 saturated carbocycles. The van der Waals surface area contributed by atoms with Crippen LogP contribution >= 0.6 is 22.6 Å². The van der Waals surface area contributed by atoms with E-state index in [1.807, 2.05) is 22.6 Å². The third kappa shape index (κ3) is 6.19. The maximum absolute atomic E-state index is 12.9. The number of amides is 1. The van der Waals surface area contributed by atoms with E-state index in [1.165, 1.54) is 37.6 Å². The maximum atomic E-state index is 12.9. The van der Waals surface area contributed by atoms with Crippen molar-refractivity contribution in [2.45, 2.75) is 6.92 Å². The van der Waals surface area contributed by atoms with E-state index in [9.17, 15) is 14.0 Å². The van der Waals surface area contributed by atoms with Gasteiger partial charge in [-0.1, -0.05) is 0 Å². The van der Waals surface area contributed by atoms with E-state index in [2.05, 4.69) is 10.5 Å². The SMILES string of the molecule is CCOC(=O)COc1c(I)cc(/C=N\NC(=O)c2ccc(F)cc2)cc1OC. The highest BCUT2D eigenvalue weighted by atomic mass is 127. The van der Waals surface area contributed by atoms with Crippen LogP contribution < -0.4 is 14.9 Å². The summed E-state index contributed by atoms with van der Waals surface area (Å²) in [6.07, 6.45) is 1.43. The van der Waals surface area contributed by atoms with Gasteiger partial charge in [-0.2, -0.15) is 5.10 Å². The molecule has 9 heteroatoms. The van der Waals surface area contributed by atoms with Gasteiger partial charge in [0.1, 0.15) is 5.82 Å². The number of esters is 1. The van der Waals surface area contributed by atoms with Crippen LogP contribution in [0.25, 0.3) is 0 Å². The molecule has 2 aromatic carbocycles. The van der Waals surface area contributed by atoms with Gasteiger partial charge in [0.2, 0.25) is 0 Å². The molecule has 0 atom stereocenters. The zero-order valence-corrected chi connectivity index (χ0v) is 17.4. The largest absolute Gasteiger partial charge is 0.493 e. The highest BCUT2D eigenvalue weighted by Crippen LogP contribution is 2.33. The molecular formula is C19H18FIN2O5. The fourth-order valence-electron chi connectivity index (χ4n) is 2.12. The minimum Gasteiger partial charge on any atom is -0.493 e. The van der Waals surface area contributed by atoms with Crippen molar-refractivity contribution >= 4 is 40.7 Å². The summed E-state index contributed by atoms with van der Waals surface area (Å²) in [5, 5.41) is 3.89. The first-order valence-electron chi connectivity index (χ1n) is 8.19. The fourth-order valence-corrected chi connectivity index (χ4v) is 2.90. The number of carbonyl (C=O) groups excluding carboxylic acids is 2. The summed E-state index contributed by atoms with van der Waals surface area (Å²) >= 11 is 2.04. The van der Waals surface area contributed by atoms with Crippen molar-refractivity contribution in [1.29, 1.82) is 0 Å². The molecule has 7 nitrogen and oxygen atoms in total. The summed E-state index contributed by atoms with van der Waals surface area (Å²) in [4.78, 5) is 23.4. The first kappa shape index (κ1) is 21.6. The summed E-state index contributed by atoms with van der Waals surface area (Å²) in [5.41, 5.74) is 3.29. The van der Waals surface area contributed by atoms with Gasteiger partial charge in [-0.15, -0.1) is 0 Å². The summed E-state index contributed by atoms with van der Waals surface area (Å²) in [6, 6.07) is 8.51. The molecule has 0 heterocycles. The van der Waals surface area contributed by atoms with Gasteiger partial charge in [-0.25, -0.2) is 14.6 Å². The molecule has 1 amide bonds. The number of nitrogens with zero attached hydrogens (tertiary/aromatic N) is 1. The quantitative estimate of drug-likeness (QED) is 0.261. The summed E-state index contributed by atoms with van der Waals surface area (Å²) in [6.45, 7) is 1.75. The second-order valence-corrected chi connectivity index (χ2v) is 6.50. The molecular weight excluding hydrogens is 482 g/mol. The van der Waals surface area contributed by atoms with E-state index in [0.717, 1.165) is 0 Å². The van der Waals surface area contributed by atoms with Crippen LogP contribution in [0, 0.1) is 9.39 Å². The van der Waals surface area contributed by atoms with Gasteiger partial charge in [0, 0.05) is 5.56 Å². The Morgan fingerprint density at radius 1 is 1.25 bits per heavy atom. The van der Waals surface area contributed by atoms with Crippen molar-refractivity contribution in [2.75, 3.05) is 20.3 Å². The number of carbonyl (C=O) groups is 2. The summed E-state index contributed by atoms with van der Waals surface area (Å²) in [5.74, 6) is -0.556. The van der Waals surface area contributed by atoms with E-state index >= 15 is 0 Å². The Morgan fingerprint density at radius 2 is 1.96 bits per heavy atom. The summed E-state index contributed by atoms with van der Waals surface area (Å²) in [7, 11) is 1.47. The first-order valence-corrected chi connectivity index (χ1v) is 9.27. The number of benzene rings is 2. The fraction of sp³-hybridized carbons (Fsp3) is 0.211. The third-order valence-electron chi connectivity index (χ3n) is 3.38. The lowest BCUT2D eigenvalue weighted by molar-refractivity contribution is -0.145. The normalized spacial score (nSPS) is 10.6. The van der Waals surface area contributed by atoms with Crippen molar-refractivity contribution in [3.63, 3.8) is 0 Å². The van der Waals surface area contributed by atoms with Crippen molar-refractivity contribution in [3.8, 4) is 11.5 Å². The molecule has 0 saturated heterocycles. The predicted octanol–water partition coefficient (Wildman–Crippen LogP) is 3.14. The Labute approximate surface area is 175 Å². The van der Waals surface area contributed by atoms with Crippen molar-refractivity contribution in [3.05, 3.63) is 56.9 Å². The van der Waals surface area contributed by atoms with Crippen molar-refractivity contribution < 1.29 is 28.2 Å². The molecule has 28 heavy (non-hydrogen) atoms. The molecule has 0 radical (unpaired) electrons. The molecule has 2 rings (SSSR count). The zero-order valence-electron chi connectivity index (χ0n) is 15.2. The average Bonchev–Trinajstić information content (AvgIpc) is 2.67. The van der Waals surface area contributed by atoms with Gasteiger partial charge >= 0.3 is 5.97 Å². The smallest absolute Gasteiger partial charge is 0.344 e. The Balaban J connectivity index is 2.06. The van der Waals surface area contributed by atoms with E-state index in [1.54, 1.807) is 19.1 Å². The van der Waals surface area contributed by atoms with Crippen LogP contribution in [0.5, 0.6) is 11.5 Å². The molecule has 0 unspecified atom stereocenters. The van der Waals surface area contributed by atoms with E-state index < -0.39 is 17.7 Å².